The first-order valence-corrected chi connectivity index (χ1v) is 7.09. The Kier molecular flexibility index (Phi) is 2.75. The van der Waals surface area contributed by atoms with Gasteiger partial charge in [0, 0.05) is 17.9 Å². The van der Waals surface area contributed by atoms with Crippen molar-refractivity contribution >= 4 is 5.65 Å². The molecule has 7 heteroatoms. The van der Waals surface area contributed by atoms with Gasteiger partial charge in [0.2, 0.25) is 11.7 Å². The van der Waals surface area contributed by atoms with Crippen molar-refractivity contribution in [2.75, 3.05) is 13.1 Å². The van der Waals surface area contributed by atoms with Gasteiger partial charge in [-0.05, 0) is 32.9 Å². The van der Waals surface area contributed by atoms with Crippen LogP contribution in [0, 0.1) is 13.8 Å². The molecule has 1 saturated heterocycles. The molecule has 1 aliphatic heterocycles. The van der Waals surface area contributed by atoms with E-state index in [9.17, 15) is 0 Å². The SMILES string of the molecule is Cc1cc(C)n2ncc(-c3noc([C@H]4CCNC4)n3)c2n1. The summed E-state index contributed by atoms with van der Waals surface area (Å²) in [4.78, 5) is 9.08. The van der Waals surface area contributed by atoms with Crippen LogP contribution in [0.2, 0.25) is 0 Å². The van der Waals surface area contributed by atoms with Gasteiger partial charge in [-0.1, -0.05) is 5.16 Å². The molecule has 21 heavy (non-hydrogen) atoms. The molecular formula is C14H16N6O. The standard InChI is InChI=1S/C14H16N6O/c1-8-5-9(2)20-13(17-8)11(7-16-20)12-18-14(21-19-12)10-3-4-15-6-10/h5,7,10,15H,3-4,6H2,1-2H3/t10-/m0/s1. The summed E-state index contributed by atoms with van der Waals surface area (Å²) in [5.41, 5.74) is 3.56. The summed E-state index contributed by atoms with van der Waals surface area (Å²) in [6.45, 7) is 5.87. The molecule has 1 N–H and O–H groups in total. The van der Waals surface area contributed by atoms with Gasteiger partial charge in [-0.25, -0.2) is 9.50 Å². The van der Waals surface area contributed by atoms with Gasteiger partial charge in [-0.2, -0.15) is 10.1 Å². The van der Waals surface area contributed by atoms with Crippen molar-refractivity contribution in [2.24, 2.45) is 0 Å². The Balaban J connectivity index is 1.79. The van der Waals surface area contributed by atoms with Crippen molar-refractivity contribution in [3.63, 3.8) is 0 Å². The fraction of sp³-hybridized carbons (Fsp3) is 0.429. The van der Waals surface area contributed by atoms with Crippen molar-refractivity contribution in [1.29, 1.82) is 0 Å². The third kappa shape index (κ3) is 2.01. The molecule has 0 bridgehead atoms. The van der Waals surface area contributed by atoms with Crippen LogP contribution in [-0.4, -0.2) is 37.8 Å². The maximum atomic E-state index is 5.42. The molecule has 4 heterocycles. The van der Waals surface area contributed by atoms with E-state index in [1.807, 2.05) is 19.9 Å². The van der Waals surface area contributed by atoms with E-state index in [4.69, 9.17) is 4.52 Å². The zero-order chi connectivity index (χ0) is 14.4. The lowest BCUT2D eigenvalue weighted by atomic mass is 10.1. The van der Waals surface area contributed by atoms with Gasteiger partial charge in [0.05, 0.1) is 17.7 Å². The van der Waals surface area contributed by atoms with Crippen LogP contribution in [0.15, 0.2) is 16.8 Å². The third-order valence-corrected chi connectivity index (χ3v) is 3.87. The Bertz CT molecular complexity index is 799. The highest BCUT2D eigenvalue weighted by Crippen LogP contribution is 2.26. The third-order valence-electron chi connectivity index (χ3n) is 3.87. The number of rotatable bonds is 2. The zero-order valence-electron chi connectivity index (χ0n) is 12.0. The minimum Gasteiger partial charge on any atom is -0.339 e. The second-order valence-corrected chi connectivity index (χ2v) is 5.48. The van der Waals surface area contributed by atoms with Crippen LogP contribution in [0.25, 0.3) is 17.0 Å². The van der Waals surface area contributed by atoms with E-state index in [0.717, 1.165) is 42.1 Å². The molecule has 3 aromatic heterocycles. The molecule has 7 nitrogen and oxygen atoms in total. The molecule has 3 aromatic rings. The molecule has 1 atom stereocenters. The van der Waals surface area contributed by atoms with Crippen LogP contribution in [-0.2, 0) is 0 Å². The average molecular weight is 284 g/mol. The van der Waals surface area contributed by atoms with Crippen LogP contribution >= 0.6 is 0 Å². The predicted molar refractivity (Wildman–Crippen MR) is 76.0 cm³/mol. The maximum absolute atomic E-state index is 5.42. The van der Waals surface area contributed by atoms with Gasteiger partial charge in [0.15, 0.2) is 5.65 Å². The first-order chi connectivity index (χ1) is 10.2. The predicted octanol–water partition coefficient (Wildman–Crippen LogP) is 1.47. The first-order valence-electron chi connectivity index (χ1n) is 7.09. The van der Waals surface area contributed by atoms with Crippen molar-refractivity contribution in [3.8, 4) is 11.4 Å². The van der Waals surface area contributed by atoms with E-state index in [1.165, 1.54) is 0 Å². The van der Waals surface area contributed by atoms with Gasteiger partial charge < -0.3 is 9.84 Å². The van der Waals surface area contributed by atoms with Gasteiger partial charge in [0.1, 0.15) is 0 Å². The quantitative estimate of drug-likeness (QED) is 0.767. The lowest BCUT2D eigenvalue weighted by molar-refractivity contribution is 0.359. The largest absolute Gasteiger partial charge is 0.339 e. The number of aryl methyl sites for hydroxylation is 2. The number of nitrogens with one attached hydrogen (secondary N) is 1. The Morgan fingerprint density at radius 2 is 2.24 bits per heavy atom. The van der Waals surface area contributed by atoms with E-state index >= 15 is 0 Å². The molecule has 1 aliphatic rings. The van der Waals surface area contributed by atoms with Crippen LogP contribution < -0.4 is 5.32 Å². The number of fused-ring (bicyclic) bond motifs is 1. The highest BCUT2D eigenvalue weighted by molar-refractivity contribution is 5.72. The van der Waals surface area contributed by atoms with Gasteiger partial charge in [-0.3, -0.25) is 0 Å². The van der Waals surface area contributed by atoms with Gasteiger partial charge in [-0.15, -0.1) is 0 Å². The molecule has 108 valence electrons. The minimum atomic E-state index is 0.310. The van der Waals surface area contributed by atoms with Crippen molar-refractivity contribution in [1.82, 2.24) is 30.1 Å². The molecule has 1 fully saturated rings. The van der Waals surface area contributed by atoms with E-state index in [2.05, 4.69) is 25.5 Å². The zero-order valence-corrected chi connectivity index (χ0v) is 12.0. The topological polar surface area (TPSA) is 81.1 Å². The number of nitrogens with zero attached hydrogens (tertiary/aromatic N) is 5. The smallest absolute Gasteiger partial charge is 0.231 e. The fourth-order valence-electron chi connectivity index (χ4n) is 2.80. The first kappa shape index (κ1) is 12.5. The molecule has 0 radical (unpaired) electrons. The second-order valence-electron chi connectivity index (χ2n) is 5.48. The Labute approximate surface area is 121 Å². The van der Waals surface area contributed by atoms with Crippen molar-refractivity contribution in [3.05, 3.63) is 29.5 Å². The second kappa shape index (κ2) is 4.63. The maximum Gasteiger partial charge on any atom is 0.231 e. The number of aromatic nitrogens is 5. The minimum absolute atomic E-state index is 0.310. The van der Waals surface area contributed by atoms with E-state index < -0.39 is 0 Å². The summed E-state index contributed by atoms with van der Waals surface area (Å²) in [6.07, 6.45) is 2.78. The van der Waals surface area contributed by atoms with Crippen LogP contribution in [0.1, 0.15) is 29.6 Å². The number of hydrogen-bond acceptors (Lipinski definition) is 6. The lowest BCUT2D eigenvalue weighted by Crippen LogP contribution is -2.08. The lowest BCUT2D eigenvalue weighted by Gasteiger charge is -2.00. The van der Waals surface area contributed by atoms with E-state index in [0.29, 0.717) is 17.6 Å². The summed E-state index contributed by atoms with van der Waals surface area (Å²) in [5.74, 6) is 1.56. The van der Waals surface area contributed by atoms with Crippen LogP contribution in [0.3, 0.4) is 0 Å². The van der Waals surface area contributed by atoms with Gasteiger partial charge in [0.25, 0.3) is 0 Å². The summed E-state index contributed by atoms with van der Waals surface area (Å²) in [5, 5.41) is 11.8. The summed E-state index contributed by atoms with van der Waals surface area (Å²) in [6, 6.07) is 2.00. The van der Waals surface area contributed by atoms with Crippen molar-refractivity contribution < 1.29 is 4.52 Å². The molecule has 0 amide bonds. The highest BCUT2D eigenvalue weighted by atomic mass is 16.5. The molecule has 4 rings (SSSR count). The molecule has 0 aliphatic carbocycles. The molecular weight excluding hydrogens is 268 g/mol. The van der Waals surface area contributed by atoms with Crippen molar-refractivity contribution in [2.45, 2.75) is 26.2 Å². The highest BCUT2D eigenvalue weighted by Gasteiger charge is 2.24. The summed E-state index contributed by atoms with van der Waals surface area (Å²) >= 11 is 0. The normalized spacial score (nSPS) is 18.7. The summed E-state index contributed by atoms with van der Waals surface area (Å²) in [7, 11) is 0. The Hall–Kier alpha value is -2.28. The van der Waals surface area contributed by atoms with E-state index in [-0.39, 0.29) is 0 Å². The van der Waals surface area contributed by atoms with Crippen LogP contribution in [0.5, 0.6) is 0 Å². The van der Waals surface area contributed by atoms with Crippen LogP contribution in [0.4, 0.5) is 0 Å². The van der Waals surface area contributed by atoms with Gasteiger partial charge >= 0.3 is 0 Å². The summed E-state index contributed by atoms with van der Waals surface area (Å²) < 4.78 is 7.22. The Morgan fingerprint density at radius 1 is 1.33 bits per heavy atom. The average Bonchev–Trinajstić information content (AvgIpc) is 3.18. The Morgan fingerprint density at radius 3 is 3.05 bits per heavy atom. The molecule has 0 spiro atoms. The molecule has 0 unspecified atom stereocenters. The molecule has 0 aromatic carbocycles. The van der Waals surface area contributed by atoms with E-state index in [1.54, 1.807) is 10.7 Å². The fourth-order valence-corrected chi connectivity index (χ4v) is 2.80. The monoisotopic (exact) mass is 284 g/mol. The number of hydrogen-bond donors (Lipinski definition) is 1. The molecule has 0 saturated carbocycles.